The zero-order valence-corrected chi connectivity index (χ0v) is 13.4. The van der Waals surface area contributed by atoms with E-state index in [1.54, 1.807) is 35.2 Å². The Balaban J connectivity index is 1.88. The van der Waals surface area contributed by atoms with Gasteiger partial charge in [-0.1, -0.05) is 23.7 Å². The molecule has 0 aliphatic heterocycles. The number of para-hydroxylation sites is 1. The zero-order valence-electron chi connectivity index (χ0n) is 12.6. The molecule has 1 aromatic carbocycles. The van der Waals surface area contributed by atoms with Gasteiger partial charge in [0.15, 0.2) is 6.61 Å². The number of hydrogen-bond donors (Lipinski definition) is 1. The molecule has 2 aromatic rings. The molecule has 0 fully saturated rings. The van der Waals surface area contributed by atoms with Gasteiger partial charge >= 0.3 is 0 Å². The van der Waals surface area contributed by atoms with Crippen LogP contribution in [0.5, 0.6) is 5.75 Å². The lowest BCUT2D eigenvalue weighted by atomic mass is 10.2. The van der Waals surface area contributed by atoms with Crippen molar-refractivity contribution in [3.63, 3.8) is 0 Å². The number of carbonyl (C=O) groups is 1. The van der Waals surface area contributed by atoms with Crippen LogP contribution in [0, 0.1) is 13.8 Å². The number of hydrogen-bond acceptors (Lipinski definition) is 4. The first-order valence-corrected chi connectivity index (χ1v) is 7.06. The molecule has 1 heterocycles. The van der Waals surface area contributed by atoms with Crippen molar-refractivity contribution in [1.29, 1.82) is 0 Å². The van der Waals surface area contributed by atoms with Gasteiger partial charge in [0, 0.05) is 18.3 Å². The second-order valence-electron chi connectivity index (χ2n) is 4.72. The number of benzene rings is 1. The van der Waals surface area contributed by atoms with Crippen LogP contribution in [0.15, 0.2) is 29.4 Å². The maximum Gasteiger partial charge on any atom is 0.277 e. The van der Waals surface area contributed by atoms with Gasteiger partial charge in [-0.3, -0.25) is 9.48 Å². The molecule has 1 aromatic heterocycles. The van der Waals surface area contributed by atoms with Crippen molar-refractivity contribution >= 4 is 23.7 Å². The van der Waals surface area contributed by atoms with Gasteiger partial charge < -0.3 is 4.74 Å². The Morgan fingerprint density at radius 2 is 2.18 bits per heavy atom. The molecular weight excluding hydrogens is 304 g/mol. The number of carbonyl (C=O) groups excluding carboxylic acids is 1. The lowest BCUT2D eigenvalue weighted by Crippen LogP contribution is -2.24. The van der Waals surface area contributed by atoms with Gasteiger partial charge in [0.2, 0.25) is 0 Å². The number of nitrogens with one attached hydrogen (secondary N) is 1. The fourth-order valence-electron chi connectivity index (χ4n) is 1.88. The Labute approximate surface area is 133 Å². The number of nitrogens with zero attached hydrogens (tertiary/aromatic N) is 3. The van der Waals surface area contributed by atoms with Gasteiger partial charge in [-0.05, 0) is 26.0 Å². The van der Waals surface area contributed by atoms with Crippen LogP contribution >= 0.6 is 11.6 Å². The first-order valence-electron chi connectivity index (χ1n) is 6.68. The van der Waals surface area contributed by atoms with E-state index in [-0.39, 0.29) is 12.5 Å². The van der Waals surface area contributed by atoms with Gasteiger partial charge in [0.25, 0.3) is 5.91 Å². The summed E-state index contributed by atoms with van der Waals surface area (Å²) in [5, 5.41) is 8.65. The van der Waals surface area contributed by atoms with Crippen LogP contribution in [0.25, 0.3) is 0 Å². The summed E-state index contributed by atoms with van der Waals surface area (Å²) >= 11 is 5.93. The molecule has 0 aliphatic rings. The maximum absolute atomic E-state index is 11.7. The second-order valence-corrected chi connectivity index (χ2v) is 5.13. The molecule has 0 unspecified atom stereocenters. The maximum atomic E-state index is 11.7. The molecule has 2 rings (SSSR count). The highest BCUT2D eigenvalue weighted by atomic mass is 35.5. The van der Waals surface area contributed by atoms with Crippen molar-refractivity contribution in [2.24, 2.45) is 12.1 Å². The van der Waals surface area contributed by atoms with Crippen LogP contribution < -0.4 is 10.2 Å². The molecule has 116 valence electrons. The van der Waals surface area contributed by atoms with Gasteiger partial charge in [0.05, 0.1) is 16.9 Å². The summed E-state index contributed by atoms with van der Waals surface area (Å²) in [6.07, 6.45) is 1.57. The van der Waals surface area contributed by atoms with E-state index in [1.807, 2.05) is 20.9 Å². The monoisotopic (exact) mass is 320 g/mol. The lowest BCUT2D eigenvalue weighted by Gasteiger charge is -2.06. The summed E-state index contributed by atoms with van der Waals surface area (Å²) in [5.74, 6) is 0.0950. The lowest BCUT2D eigenvalue weighted by molar-refractivity contribution is -0.123. The number of amides is 1. The second kappa shape index (κ2) is 7.09. The Morgan fingerprint density at radius 3 is 2.82 bits per heavy atom. The number of halogens is 1. The standard InChI is InChI=1S/C15H17ClN4O2/c1-10-12(11(2)20(3)19-10)8-17-18-15(21)9-22-14-7-5-4-6-13(14)16/h4-8H,9H2,1-3H3,(H,18,21)/b17-8+. The Bertz CT molecular complexity index is 710. The molecular formula is C15H17ClN4O2. The highest BCUT2D eigenvalue weighted by Gasteiger charge is 2.07. The van der Waals surface area contributed by atoms with E-state index in [9.17, 15) is 4.79 Å². The van der Waals surface area contributed by atoms with Crippen molar-refractivity contribution in [2.45, 2.75) is 13.8 Å². The highest BCUT2D eigenvalue weighted by Crippen LogP contribution is 2.22. The van der Waals surface area contributed by atoms with Gasteiger partial charge in [0.1, 0.15) is 5.75 Å². The summed E-state index contributed by atoms with van der Waals surface area (Å²) in [4.78, 5) is 11.7. The first kappa shape index (κ1) is 16.0. The van der Waals surface area contributed by atoms with E-state index in [4.69, 9.17) is 16.3 Å². The summed E-state index contributed by atoms with van der Waals surface area (Å²) in [6.45, 7) is 3.66. The quantitative estimate of drug-likeness (QED) is 0.678. The number of hydrazone groups is 1. The molecule has 0 bridgehead atoms. The van der Waals surface area contributed by atoms with E-state index < -0.39 is 0 Å². The molecule has 22 heavy (non-hydrogen) atoms. The molecule has 6 nitrogen and oxygen atoms in total. The van der Waals surface area contributed by atoms with Crippen molar-refractivity contribution in [3.8, 4) is 5.75 Å². The first-order chi connectivity index (χ1) is 10.5. The molecule has 1 amide bonds. The average molecular weight is 321 g/mol. The molecule has 0 radical (unpaired) electrons. The number of rotatable bonds is 5. The topological polar surface area (TPSA) is 68.5 Å². The average Bonchev–Trinajstić information content (AvgIpc) is 2.72. The van der Waals surface area contributed by atoms with Crippen molar-refractivity contribution < 1.29 is 9.53 Å². The summed E-state index contributed by atoms with van der Waals surface area (Å²) in [7, 11) is 1.86. The highest BCUT2D eigenvalue weighted by molar-refractivity contribution is 6.32. The number of aryl methyl sites for hydroxylation is 2. The van der Waals surface area contributed by atoms with Crippen LogP contribution in [0.4, 0.5) is 0 Å². The van der Waals surface area contributed by atoms with E-state index in [1.165, 1.54) is 0 Å². The molecule has 0 spiro atoms. The predicted molar refractivity (Wildman–Crippen MR) is 85.4 cm³/mol. The van der Waals surface area contributed by atoms with Gasteiger partial charge in [-0.15, -0.1) is 0 Å². The Kier molecular flexibility index (Phi) is 5.16. The molecule has 0 aliphatic carbocycles. The van der Waals surface area contributed by atoms with Crippen LogP contribution in [0.3, 0.4) is 0 Å². The molecule has 0 atom stereocenters. The van der Waals surface area contributed by atoms with Crippen molar-refractivity contribution in [2.75, 3.05) is 6.61 Å². The predicted octanol–water partition coefficient (Wildman–Crippen LogP) is 2.22. The van der Waals surface area contributed by atoms with Crippen LogP contribution in [0.2, 0.25) is 5.02 Å². The van der Waals surface area contributed by atoms with E-state index in [2.05, 4.69) is 15.6 Å². The fourth-order valence-corrected chi connectivity index (χ4v) is 2.07. The summed E-state index contributed by atoms with van der Waals surface area (Å²) < 4.78 is 7.08. The molecule has 0 saturated heterocycles. The normalized spacial score (nSPS) is 10.9. The van der Waals surface area contributed by atoms with Gasteiger partial charge in [-0.2, -0.15) is 10.2 Å². The van der Waals surface area contributed by atoms with Crippen LogP contribution in [-0.4, -0.2) is 28.5 Å². The fraction of sp³-hybridized carbons (Fsp3) is 0.267. The van der Waals surface area contributed by atoms with E-state index >= 15 is 0 Å². The minimum atomic E-state index is -0.365. The Morgan fingerprint density at radius 1 is 1.45 bits per heavy atom. The van der Waals surface area contributed by atoms with Crippen molar-refractivity contribution in [3.05, 3.63) is 46.2 Å². The third-order valence-corrected chi connectivity index (χ3v) is 3.46. The molecule has 0 saturated carbocycles. The largest absolute Gasteiger partial charge is 0.482 e. The summed E-state index contributed by atoms with van der Waals surface area (Å²) in [6, 6.07) is 6.96. The minimum absolute atomic E-state index is 0.161. The minimum Gasteiger partial charge on any atom is -0.482 e. The summed E-state index contributed by atoms with van der Waals surface area (Å²) in [5.41, 5.74) is 5.12. The smallest absolute Gasteiger partial charge is 0.277 e. The Hall–Kier alpha value is -2.34. The van der Waals surface area contributed by atoms with E-state index in [0.717, 1.165) is 17.0 Å². The van der Waals surface area contributed by atoms with E-state index in [0.29, 0.717) is 10.8 Å². The third kappa shape index (κ3) is 3.85. The molecule has 7 heteroatoms. The SMILES string of the molecule is Cc1nn(C)c(C)c1/C=N/NC(=O)COc1ccccc1Cl. The zero-order chi connectivity index (χ0) is 16.1. The third-order valence-electron chi connectivity index (χ3n) is 3.14. The molecule has 1 N–H and O–H groups in total. The number of aromatic nitrogens is 2. The van der Waals surface area contributed by atoms with Crippen LogP contribution in [0.1, 0.15) is 17.0 Å². The van der Waals surface area contributed by atoms with Crippen LogP contribution in [-0.2, 0) is 11.8 Å². The van der Waals surface area contributed by atoms with Crippen molar-refractivity contribution in [1.82, 2.24) is 15.2 Å². The number of ether oxygens (including phenoxy) is 1. The van der Waals surface area contributed by atoms with Gasteiger partial charge in [-0.25, -0.2) is 5.43 Å².